The summed E-state index contributed by atoms with van der Waals surface area (Å²) in [6, 6.07) is 3.53. The molecule has 0 saturated heterocycles. The standard InChI is InChI=1S/C12H17ClN2O/c1-9-10(5-4-8-14-9)11(16)15-12(2,3)6-7-13/h4-5,8H,6-7H2,1-3H3,(H,15,16). The second kappa shape index (κ2) is 5.30. The zero-order valence-corrected chi connectivity index (χ0v) is 10.6. The van der Waals surface area contributed by atoms with Gasteiger partial charge in [-0.1, -0.05) is 0 Å². The monoisotopic (exact) mass is 240 g/mol. The number of alkyl halides is 1. The predicted molar refractivity (Wildman–Crippen MR) is 65.9 cm³/mol. The summed E-state index contributed by atoms with van der Waals surface area (Å²) in [7, 11) is 0. The molecule has 1 rings (SSSR count). The summed E-state index contributed by atoms with van der Waals surface area (Å²) < 4.78 is 0. The molecule has 3 nitrogen and oxygen atoms in total. The van der Waals surface area contributed by atoms with Crippen molar-refractivity contribution in [3.05, 3.63) is 29.6 Å². The third-order valence-corrected chi connectivity index (χ3v) is 2.61. The minimum atomic E-state index is -0.291. The maximum Gasteiger partial charge on any atom is 0.253 e. The van der Waals surface area contributed by atoms with Crippen LogP contribution in [0.15, 0.2) is 18.3 Å². The minimum absolute atomic E-state index is 0.0966. The Morgan fingerprint density at radius 2 is 2.25 bits per heavy atom. The molecule has 0 fully saturated rings. The molecule has 0 radical (unpaired) electrons. The van der Waals surface area contributed by atoms with Crippen LogP contribution in [-0.2, 0) is 0 Å². The summed E-state index contributed by atoms with van der Waals surface area (Å²) in [5, 5.41) is 2.95. The first-order chi connectivity index (χ1) is 7.46. The smallest absolute Gasteiger partial charge is 0.253 e. The van der Waals surface area contributed by atoms with Crippen LogP contribution >= 0.6 is 11.6 Å². The van der Waals surface area contributed by atoms with Gasteiger partial charge >= 0.3 is 0 Å². The first-order valence-electron chi connectivity index (χ1n) is 5.26. The number of nitrogens with one attached hydrogen (secondary N) is 1. The van der Waals surface area contributed by atoms with Crippen molar-refractivity contribution in [2.24, 2.45) is 0 Å². The van der Waals surface area contributed by atoms with Crippen LogP contribution in [0.3, 0.4) is 0 Å². The van der Waals surface area contributed by atoms with E-state index in [0.29, 0.717) is 11.4 Å². The number of nitrogens with zero attached hydrogens (tertiary/aromatic N) is 1. The van der Waals surface area contributed by atoms with Gasteiger partial charge in [-0.25, -0.2) is 0 Å². The minimum Gasteiger partial charge on any atom is -0.347 e. The van der Waals surface area contributed by atoms with Gasteiger partial charge in [0.25, 0.3) is 5.91 Å². The maximum atomic E-state index is 12.0. The summed E-state index contributed by atoms with van der Waals surface area (Å²) in [6.07, 6.45) is 2.41. The number of aromatic nitrogens is 1. The number of pyridine rings is 1. The van der Waals surface area contributed by atoms with Crippen LogP contribution < -0.4 is 5.32 Å². The van der Waals surface area contributed by atoms with Crippen LogP contribution in [0.2, 0.25) is 0 Å². The summed E-state index contributed by atoms with van der Waals surface area (Å²) in [4.78, 5) is 16.1. The topological polar surface area (TPSA) is 42.0 Å². The van der Waals surface area contributed by atoms with Crippen molar-refractivity contribution in [2.45, 2.75) is 32.7 Å². The second-order valence-electron chi connectivity index (χ2n) is 4.41. The van der Waals surface area contributed by atoms with Gasteiger partial charge in [-0.2, -0.15) is 0 Å². The number of carbonyl (C=O) groups excluding carboxylic acids is 1. The molecular weight excluding hydrogens is 224 g/mol. The molecule has 4 heteroatoms. The van der Waals surface area contributed by atoms with Gasteiger partial charge in [-0.15, -0.1) is 11.6 Å². The highest BCUT2D eigenvalue weighted by Crippen LogP contribution is 2.12. The molecule has 1 aromatic rings. The Morgan fingerprint density at radius 3 is 2.81 bits per heavy atom. The molecule has 0 aliphatic heterocycles. The van der Waals surface area contributed by atoms with E-state index < -0.39 is 0 Å². The Bertz CT molecular complexity index is 377. The lowest BCUT2D eigenvalue weighted by molar-refractivity contribution is 0.0910. The highest BCUT2D eigenvalue weighted by molar-refractivity contribution is 6.17. The number of hydrogen-bond acceptors (Lipinski definition) is 2. The van der Waals surface area contributed by atoms with Crippen LogP contribution in [-0.4, -0.2) is 22.3 Å². The van der Waals surface area contributed by atoms with E-state index in [1.807, 2.05) is 20.8 Å². The van der Waals surface area contributed by atoms with Crippen LogP contribution in [0.1, 0.15) is 36.3 Å². The second-order valence-corrected chi connectivity index (χ2v) is 4.79. The fourth-order valence-corrected chi connectivity index (χ4v) is 1.87. The van der Waals surface area contributed by atoms with Crippen LogP contribution in [0.4, 0.5) is 0 Å². The molecule has 1 aromatic heterocycles. The average Bonchev–Trinajstić information content (AvgIpc) is 2.17. The van der Waals surface area contributed by atoms with E-state index in [9.17, 15) is 4.79 Å². The largest absolute Gasteiger partial charge is 0.347 e. The number of amides is 1. The zero-order chi connectivity index (χ0) is 12.2. The van der Waals surface area contributed by atoms with Crippen LogP contribution in [0.5, 0.6) is 0 Å². The van der Waals surface area contributed by atoms with Crippen molar-refractivity contribution in [1.29, 1.82) is 0 Å². The molecule has 1 amide bonds. The lowest BCUT2D eigenvalue weighted by atomic mass is 10.0. The summed E-state index contributed by atoms with van der Waals surface area (Å²) in [6.45, 7) is 5.74. The fourth-order valence-electron chi connectivity index (χ4n) is 1.40. The van der Waals surface area contributed by atoms with Crippen molar-refractivity contribution in [3.8, 4) is 0 Å². The molecule has 16 heavy (non-hydrogen) atoms. The van der Waals surface area contributed by atoms with Crippen molar-refractivity contribution in [1.82, 2.24) is 10.3 Å². The Balaban J connectivity index is 2.77. The molecule has 0 saturated carbocycles. The van der Waals surface area contributed by atoms with E-state index in [4.69, 9.17) is 11.6 Å². The molecule has 0 spiro atoms. The van der Waals surface area contributed by atoms with Gasteiger partial charge in [-0.05, 0) is 39.3 Å². The van der Waals surface area contributed by atoms with Crippen molar-refractivity contribution in [3.63, 3.8) is 0 Å². The van der Waals surface area contributed by atoms with Crippen LogP contribution in [0, 0.1) is 6.92 Å². The van der Waals surface area contributed by atoms with Gasteiger partial charge in [-0.3, -0.25) is 9.78 Å². The Kier molecular flexibility index (Phi) is 4.30. The number of halogens is 1. The molecule has 88 valence electrons. The molecule has 0 aromatic carbocycles. The summed E-state index contributed by atoms with van der Waals surface area (Å²) >= 11 is 5.68. The molecule has 0 aliphatic carbocycles. The highest BCUT2D eigenvalue weighted by Gasteiger charge is 2.21. The van der Waals surface area contributed by atoms with Gasteiger partial charge in [0, 0.05) is 23.3 Å². The molecule has 1 heterocycles. The Morgan fingerprint density at radius 1 is 1.56 bits per heavy atom. The molecule has 0 aliphatic rings. The van der Waals surface area contributed by atoms with E-state index in [1.54, 1.807) is 18.3 Å². The van der Waals surface area contributed by atoms with Crippen molar-refractivity contribution >= 4 is 17.5 Å². The summed E-state index contributed by atoms with van der Waals surface area (Å²) in [5.41, 5.74) is 1.06. The molecule has 0 atom stereocenters. The Labute approximate surface area is 101 Å². The number of aryl methyl sites for hydroxylation is 1. The average molecular weight is 241 g/mol. The van der Waals surface area contributed by atoms with Gasteiger partial charge in [0.05, 0.1) is 5.56 Å². The third kappa shape index (κ3) is 3.49. The fraction of sp³-hybridized carbons (Fsp3) is 0.500. The molecular formula is C12H17ClN2O. The van der Waals surface area contributed by atoms with Gasteiger partial charge in [0.15, 0.2) is 0 Å². The van der Waals surface area contributed by atoms with E-state index in [0.717, 1.165) is 12.1 Å². The van der Waals surface area contributed by atoms with Crippen molar-refractivity contribution < 1.29 is 4.79 Å². The van der Waals surface area contributed by atoms with Crippen molar-refractivity contribution in [2.75, 3.05) is 5.88 Å². The lowest BCUT2D eigenvalue weighted by Gasteiger charge is -2.25. The van der Waals surface area contributed by atoms with Crippen LogP contribution in [0.25, 0.3) is 0 Å². The van der Waals surface area contributed by atoms with Gasteiger partial charge in [0.1, 0.15) is 0 Å². The number of hydrogen-bond donors (Lipinski definition) is 1. The molecule has 0 bridgehead atoms. The molecule has 1 N–H and O–H groups in total. The third-order valence-electron chi connectivity index (χ3n) is 2.42. The van der Waals surface area contributed by atoms with E-state index in [2.05, 4.69) is 10.3 Å². The Hall–Kier alpha value is -1.09. The normalized spacial score (nSPS) is 11.2. The first-order valence-corrected chi connectivity index (χ1v) is 5.80. The van der Waals surface area contributed by atoms with Gasteiger partial charge < -0.3 is 5.32 Å². The maximum absolute atomic E-state index is 12.0. The summed E-state index contributed by atoms with van der Waals surface area (Å²) in [5.74, 6) is 0.431. The quantitative estimate of drug-likeness (QED) is 0.822. The van der Waals surface area contributed by atoms with E-state index >= 15 is 0 Å². The van der Waals surface area contributed by atoms with E-state index in [1.165, 1.54) is 0 Å². The number of carbonyl (C=O) groups is 1. The lowest BCUT2D eigenvalue weighted by Crippen LogP contribution is -2.44. The number of rotatable bonds is 4. The SMILES string of the molecule is Cc1ncccc1C(=O)NC(C)(C)CCCl. The zero-order valence-electron chi connectivity index (χ0n) is 9.88. The first kappa shape index (κ1) is 13.0. The van der Waals surface area contributed by atoms with E-state index in [-0.39, 0.29) is 11.4 Å². The highest BCUT2D eigenvalue weighted by atomic mass is 35.5. The van der Waals surface area contributed by atoms with Gasteiger partial charge in [0.2, 0.25) is 0 Å². The predicted octanol–water partition coefficient (Wildman–Crippen LogP) is 2.53. The molecule has 0 unspecified atom stereocenters.